The summed E-state index contributed by atoms with van der Waals surface area (Å²) in [5.41, 5.74) is 0. The van der Waals surface area contributed by atoms with Crippen LogP contribution in [0.25, 0.3) is 0 Å². The Hall–Kier alpha value is -3.85. The van der Waals surface area contributed by atoms with Crippen LogP contribution in [0.2, 0.25) is 0 Å². The molecule has 0 saturated carbocycles. The molecule has 0 aliphatic rings. The number of likely N-dealkylation sites (N-methyl/N-ethyl adjacent to an activating group) is 1. The number of phosphoric acid groups is 1. The molecule has 10 heteroatoms. The molecule has 0 saturated heterocycles. The Morgan fingerprint density at radius 2 is 0.695 bits per heavy atom. The summed E-state index contributed by atoms with van der Waals surface area (Å²) >= 11 is 0. The lowest BCUT2D eigenvalue weighted by molar-refractivity contribution is -0.870. The molecule has 2 atom stereocenters. The van der Waals surface area contributed by atoms with E-state index >= 15 is 0 Å². The molecule has 468 valence electrons. The van der Waals surface area contributed by atoms with Gasteiger partial charge in [-0.05, 0) is 116 Å². The molecule has 0 aromatic heterocycles. The van der Waals surface area contributed by atoms with Gasteiger partial charge in [-0.15, -0.1) is 0 Å². The van der Waals surface area contributed by atoms with Gasteiger partial charge < -0.3 is 27.9 Å². The number of phosphoric ester groups is 1. The molecule has 0 N–H and O–H groups in total. The van der Waals surface area contributed by atoms with Gasteiger partial charge in [0.05, 0.1) is 27.7 Å². The Kier molecular flexibility index (Phi) is 58.8. The average Bonchev–Trinajstić information content (AvgIpc) is 3.45. The lowest BCUT2D eigenvalue weighted by Crippen LogP contribution is -2.37. The van der Waals surface area contributed by atoms with Crippen LogP contribution in [-0.4, -0.2) is 70.0 Å². The topological polar surface area (TPSA) is 111 Å². The third-order valence-corrected chi connectivity index (χ3v) is 14.6. The zero-order valence-corrected chi connectivity index (χ0v) is 54.0. The van der Waals surface area contributed by atoms with Gasteiger partial charge in [0, 0.05) is 12.8 Å². The van der Waals surface area contributed by atoms with Crippen LogP contribution in [0.3, 0.4) is 0 Å². The van der Waals surface area contributed by atoms with Crippen molar-refractivity contribution in [3.05, 3.63) is 134 Å². The monoisotopic (exact) mass is 1160 g/mol. The number of ether oxygens (including phenoxy) is 2. The van der Waals surface area contributed by atoms with Crippen molar-refractivity contribution in [2.75, 3.05) is 47.5 Å². The number of nitrogens with zero attached hydrogens (tertiary/aromatic N) is 1. The Bertz CT molecular complexity index is 1850. The number of hydrogen-bond donors (Lipinski definition) is 0. The molecule has 0 rings (SSSR count). The highest BCUT2D eigenvalue weighted by molar-refractivity contribution is 7.45. The van der Waals surface area contributed by atoms with Gasteiger partial charge >= 0.3 is 11.9 Å². The fourth-order valence-corrected chi connectivity index (χ4v) is 9.35. The minimum absolute atomic E-state index is 0.0428. The van der Waals surface area contributed by atoms with Crippen LogP contribution in [0.4, 0.5) is 0 Å². The second-order valence-corrected chi connectivity index (χ2v) is 24.2. The number of carbonyl (C=O) groups is 2. The lowest BCUT2D eigenvalue weighted by atomic mass is 10.0. The molecule has 0 aliphatic carbocycles. The smallest absolute Gasteiger partial charge is 0.306 e. The van der Waals surface area contributed by atoms with Gasteiger partial charge in [0.15, 0.2) is 6.10 Å². The van der Waals surface area contributed by atoms with Gasteiger partial charge in [-0.3, -0.25) is 14.2 Å². The van der Waals surface area contributed by atoms with E-state index < -0.39 is 32.5 Å². The van der Waals surface area contributed by atoms with Crippen molar-refractivity contribution in [2.45, 2.75) is 264 Å². The summed E-state index contributed by atoms with van der Waals surface area (Å²) in [5, 5.41) is 0. The molecule has 0 spiro atoms. The number of allylic oxidation sites excluding steroid dienone is 22. The predicted octanol–water partition coefficient (Wildman–Crippen LogP) is 20.6. The van der Waals surface area contributed by atoms with Gasteiger partial charge in [0.25, 0.3) is 7.82 Å². The van der Waals surface area contributed by atoms with Gasteiger partial charge in [-0.1, -0.05) is 263 Å². The van der Waals surface area contributed by atoms with Crippen LogP contribution in [0.5, 0.6) is 0 Å². The zero-order chi connectivity index (χ0) is 59.8. The number of unbranched alkanes of at least 4 members (excludes halogenated alkanes) is 23. The number of quaternary nitrogens is 1. The standard InChI is InChI=1S/C72H122NO8P/c1-6-8-10-12-14-16-18-20-22-24-26-28-30-31-32-33-34-35-36-37-38-39-40-41-43-45-47-49-51-53-55-57-59-61-63-65-72(75)81-70(69-80-82(76,77)79-67-66-73(3,4)5)68-78-71(74)64-62-60-58-56-54-52-50-48-46-44-42-29-27-25-23-21-19-17-15-13-11-9-7-2/h8,10,14,16,20,22,25-28,31-32,34-35,37-38,40-41,45,47,51,53,70H,6-7,9,11-13,15,17-19,21,23-24,29-30,33,36,39,42-44,46,48-50,52,54-69H2,1-5H3/b10-8-,16-14-,22-20-,27-25-,28-26-,32-31-,35-34-,38-37-,41-40-,47-45-,53-51-. The summed E-state index contributed by atoms with van der Waals surface area (Å²) in [7, 11) is 1.13. The molecular formula is C72H122NO8P. The Labute approximate surface area is 504 Å². The van der Waals surface area contributed by atoms with E-state index in [0.717, 1.165) is 109 Å². The largest absolute Gasteiger partial charge is 0.756 e. The van der Waals surface area contributed by atoms with Crippen molar-refractivity contribution in [3.63, 3.8) is 0 Å². The fourth-order valence-electron chi connectivity index (χ4n) is 8.62. The highest BCUT2D eigenvalue weighted by Crippen LogP contribution is 2.38. The summed E-state index contributed by atoms with van der Waals surface area (Å²) in [6.45, 7) is 4.10. The number of rotatable bonds is 59. The van der Waals surface area contributed by atoms with Gasteiger partial charge in [-0.2, -0.15) is 0 Å². The van der Waals surface area contributed by atoms with Crippen molar-refractivity contribution < 1.29 is 42.1 Å². The SMILES string of the molecule is CC/C=C\C/C=C\C/C=C\C/C=C\C/C=C\C/C=C\C/C=C\C/C=C\C/C=C\C/C=C\CCCCCCC(=O)OC(COC(=O)CCCCCCCCCCCCC/C=C\CCCCCCCCCC)COP(=O)([O-])OCC[N+](C)(C)C. The average molecular weight is 1160 g/mol. The van der Waals surface area contributed by atoms with E-state index in [2.05, 4.69) is 148 Å². The Balaban J connectivity index is 4.21. The molecular weight excluding hydrogens is 1040 g/mol. The first-order chi connectivity index (χ1) is 40.0. The zero-order valence-electron chi connectivity index (χ0n) is 53.1. The molecule has 9 nitrogen and oxygen atoms in total. The quantitative estimate of drug-likeness (QED) is 0.0195. The molecule has 0 bridgehead atoms. The second kappa shape index (κ2) is 61.7. The first kappa shape index (κ1) is 78.1. The summed E-state index contributed by atoms with van der Waals surface area (Å²) in [6, 6.07) is 0. The number of esters is 2. The van der Waals surface area contributed by atoms with Crippen molar-refractivity contribution >= 4 is 19.8 Å². The number of carbonyl (C=O) groups excluding carboxylic acids is 2. The summed E-state index contributed by atoms with van der Waals surface area (Å²) in [6.07, 6.45) is 89.4. The van der Waals surface area contributed by atoms with E-state index in [-0.39, 0.29) is 26.1 Å². The number of hydrogen-bond acceptors (Lipinski definition) is 8. The van der Waals surface area contributed by atoms with Crippen LogP contribution in [0.1, 0.15) is 258 Å². The second-order valence-electron chi connectivity index (χ2n) is 22.7. The minimum Gasteiger partial charge on any atom is -0.756 e. The van der Waals surface area contributed by atoms with Gasteiger partial charge in [-0.25, -0.2) is 0 Å². The van der Waals surface area contributed by atoms with Crippen LogP contribution >= 0.6 is 7.82 Å². The van der Waals surface area contributed by atoms with E-state index in [1.807, 2.05) is 21.1 Å². The van der Waals surface area contributed by atoms with Crippen LogP contribution in [-0.2, 0) is 32.7 Å². The summed E-state index contributed by atoms with van der Waals surface area (Å²) < 4.78 is 34.2. The Morgan fingerprint density at radius 1 is 0.390 bits per heavy atom. The predicted molar refractivity (Wildman–Crippen MR) is 351 cm³/mol. The molecule has 2 unspecified atom stereocenters. The lowest BCUT2D eigenvalue weighted by Gasteiger charge is -2.28. The molecule has 82 heavy (non-hydrogen) atoms. The van der Waals surface area contributed by atoms with Gasteiger partial charge in [0.2, 0.25) is 0 Å². The van der Waals surface area contributed by atoms with Gasteiger partial charge in [0.1, 0.15) is 19.8 Å². The van der Waals surface area contributed by atoms with Crippen LogP contribution in [0.15, 0.2) is 134 Å². The third kappa shape index (κ3) is 65.3. The van der Waals surface area contributed by atoms with Crippen molar-refractivity contribution in [3.8, 4) is 0 Å². The van der Waals surface area contributed by atoms with Crippen molar-refractivity contribution in [2.24, 2.45) is 0 Å². The molecule has 0 aromatic carbocycles. The molecule has 0 radical (unpaired) electrons. The highest BCUT2D eigenvalue weighted by atomic mass is 31.2. The first-order valence-electron chi connectivity index (χ1n) is 32.9. The fraction of sp³-hybridized carbons (Fsp3) is 0.667. The summed E-state index contributed by atoms with van der Waals surface area (Å²) in [5.74, 6) is -0.867. The molecule has 0 amide bonds. The van der Waals surface area contributed by atoms with E-state index in [1.54, 1.807) is 0 Å². The maximum atomic E-state index is 12.8. The van der Waals surface area contributed by atoms with E-state index in [1.165, 1.54) is 116 Å². The van der Waals surface area contributed by atoms with E-state index in [9.17, 15) is 19.0 Å². The Morgan fingerprint density at radius 3 is 1.05 bits per heavy atom. The molecule has 0 aromatic rings. The van der Waals surface area contributed by atoms with E-state index in [0.29, 0.717) is 17.4 Å². The maximum Gasteiger partial charge on any atom is 0.306 e. The first-order valence-corrected chi connectivity index (χ1v) is 34.4. The third-order valence-electron chi connectivity index (χ3n) is 13.7. The molecule has 0 fully saturated rings. The van der Waals surface area contributed by atoms with E-state index in [4.69, 9.17) is 18.5 Å². The molecule has 0 aliphatic heterocycles. The van der Waals surface area contributed by atoms with Crippen molar-refractivity contribution in [1.29, 1.82) is 0 Å². The van der Waals surface area contributed by atoms with Crippen molar-refractivity contribution in [1.82, 2.24) is 0 Å². The van der Waals surface area contributed by atoms with Crippen LogP contribution in [0, 0.1) is 0 Å². The molecule has 0 heterocycles. The highest BCUT2D eigenvalue weighted by Gasteiger charge is 2.22. The summed E-state index contributed by atoms with van der Waals surface area (Å²) in [4.78, 5) is 38.0. The maximum absolute atomic E-state index is 12.8. The van der Waals surface area contributed by atoms with Crippen LogP contribution < -0.4 is 4.89 Å². The minimum atomic E-state index is -4.66. The normalized spacial score (nSPS) is 14.1.